The van der Waals surface area contributed by atoms with Crippen molar-refractivity contribution in [3.63, 3.8) is 0 Å². The normalized spacial score (nSPS) is 13.2. The van der Waals surface area contributed by atoms with Gasteiger partial charge >= 0.3 is 0 Å². The first-order chi connectivity index (χ1) is 11.5. The lowest BCUT2D eigenvalue weighted by Crippen LogP contribution is -2.27. The molecule has 7 nitrogen and oxygen atoms in total. The zero-order chi connectivity index (χ0) is 17.2. The SMILES string of the molecule is CC(O)CC(C)(C)CNc1ncnc2c1cnn2-c1ccncc1. The highest BCUT2D eigenvalue weighted by Crippen LogP contribution is 2.25. The topological polar surface area (TPSA) is 88.8 Å². The van der Waals surface area contributed by atoms with Gasteiger partial charge in [0, 0.05) is 18.9 Å². The van der Waals surface area contributed by atoms with Crippen LogP contribution in [0.2, 0.25) is 0 Å². The first-order valence-electron chi connectivity index (χ1n) is 7.97. The van der Waals surface area contributed by atoms with Crippen LogP contribution in [0, 0.1) is 5.41 Å². The van der Waals surface area contributed by atoms with Crippen LogP contribution in [-0.4, -0.2) is 42.5 Å². The van der Waals surface area contributed by atoms with Crippen molar-refractivity contribution >= 4 is 16.9 Å². The van der Waals surface area contributed by atoms with Gasteiger partial charge in [-0.05, 0) is 30.9 Å². The van der Waals surface area contributed by atoms with Crippen molar-refractivity contribution in [1.29, 1.82) is 0 Å². The van der Waals surface area contributed by atoms with Gasteiger partial charge in [0.1, 0.15) is 12.1 Å². The number of anilines is 1. The first-order valence-corrected chi connectivity index (χ1v) is 7.97. The maximum Gasteiger partial charge on any atom is 0.168 e. The van der Waals surface area contributed by atoms with E-state index in [0.29, 0.717) is 13.0 Å². The zero-order valence-electron chi connectivity index (χ0n) is 14.1. The number of aliphatic hydroxyl groups excluding tert-OH is 1. The average Bonchev–Trinajstić information content (AvgIpc) is 2.97. The molecule has 0 saturated heterocycles. The third-order valence-electron chi connectivity index (χ3n) is 3.86. The molecule has 0 aromatic carbocycles. The first kappa shape index (κ1) is 16.3. The Balaban J connectivity index is 1.87. The van der Waals surface area contributed by atoms with Crippen molar-refractivity contribution in [2.45, 2.75) is 33.3 Å². The molecule has 0 aliphatic carbocycles. The summed E-state index contributed by atoms with van der Waals surface area (Å²) >= 11 is 0. The Morgan fingerprint density at radius 1 is 1.25 bits per heavy atom. The molecule has 3 aromatic rings. The molecule has 0 radical (unpaired) electrons. The second-order valence-corrected chi connectivity index (χ2v) is 6.79. The number of nitrogens with one attached hydrogen (secondary N) is 1. The highest BCUT2D eigenvalue weighted by Gasteiger charge is 2.21. The summed E-state index contributed by atoms with van der Waals surface area (Å²) in [5.74, 6) is 0.749. The molecule has 126 valence electrons. The largest absolute Gasteiger partial charge is 0.393 e. The van der Waals surface area contributed by atoms with Gasteiger partial charge in [-0.1, -0.05) is 13.8 Å². The summed E-state index contributed by atoms with van der Waals surface area (Å²) in [5, 5.41) is 18.3. The maximum absolute atomic E-state index is 9.61. The number of hydrogen-bond acceptors (Lipinski definition) is 6. The number of pyridine rings is 1. The van der Waals surface area contributed by atoms with Crippen molar-refractivity contribution in [2.75, 3.05) is 11.9 Å². The van der Waals surface area contributed by atoms with Crippen molar-refractivity contribution in [2.24, 2.45) is 5.41 Å². The van der Waals surface area contributed by atoms with E-state index in [1.54, 1.807) is 23.3 Å². The Bertz CT molecular complexity index is 812. The van der Waals surface area contributed by atoms with E-state index in [-0.39, 0.29) is 11.5 Å². The molecule has 0 aliphatic heterocycles. The Labute approximate surface area is 140 Å². The van der Waals surface area contributed by atoms with E-state index in [2.05, 4.69) is 39.2 Å². The Morgan fingerprint density at radius 3 is 2.71 bits per heavy atom. The molecule has 1 atom stereocenters. The Morgan fingerprint density at radius 2 is 2.00 bits per heavy atom. The molecule has 24 heavy (non-hydrogen) atoms. The molecule has 2 N–H and O–H groups in total. The van der Waals surface area contributed by atoms with Crippen LogP contribution in [0.3, 0.4) is 0 Å². The number of aliphatic hydroxyl groups is 1. The average molecular weight is 326 g/mol. The molecule has 0 amide bonds. The fraction of sp³-hybridized carbons (Fsp3) is 0.412. The number of fused-ring (bicyclic) bond motifs is 1. The number of aromatic nitrogens is 5. The number of rotatable bonds is 6. The summed E-state index contributed by atoms with van der Waals surface area (Å²) in [6, 6.07) is 3.76. The van der Waals surface area contributed by atoms with E-state index in [9.17, 15) is 5.11 Å². The molecule has 0 aliphatic rings. The van der Waals surface area contributed by atoms with Crippen LogP contribution < -0.4 is 5.32 Å². The summed E-state index contributed by atoms with van der Waals surface area (Å²) in [6.45, 7) is 6.74. The van der Waals surface area contributed by atoms with Gasteiger partial charge in [0.05, 0.1) is 23.4 Å². The highest BCUT2D eigenvalue weighted by molar-refractivity contribution is 5.87. The van der Waals surface area contributed by atoms with Crippen LogP contribution in [0.4, 0.5) is 5.82 Å². The molecular weight excluding hydrogens is 304 g/mol. The second kappa shape index (κ2) is 6.52. The molecule has 0 bridgehead atoms. The molecule has 0 saturated carbocycles. The minimum Gasteiger partial charge on any atom is -0.393 e. The van der Waals surface area contributed by atoms with Crippen molar-refractivity contribution in [1.82, 2.24) is 24.7 Å². The van der Waals surface area contributed by atoms with E-state index in [1.807, 2.05) is 19.1 Å². The van der Waals surface area contributed by atoms with Gasteiger partial charge in [0.25, 0.3) is 0 Å². The van der Waals surface area contributed by atoms with Gasteiger partial charge in [-0.2, -0.15) is 5.10 Å². The van der Waals surface area contributed by atoms with Crippen LogP contribution in [0.15, 0.2) is 37.1 Å². The van der Waals surface area contributed by atoms with E-state index in [1.165, 1.54) is 6.33 Å². The zero-order valence-corrected chi connectivity index (χ0v) is 14.1. The van der Waals surface area contributed by atoms with Gasteiger partial charge < -0.3 is 10.4 Å². The van der Waals surface area contributed by atoms with Crippen molar-refractivity contribution < 1.29 is 5.11 Å². The van der Waals surface area contributed by atoms with Crippen LogP contribution in [0.1, 0.15) is 27.2 Å². The molecule has 0 fully saturated rings. The Hall–Kier alpha value is -2.54. The lowest BCUT2D eigenvalue weighted by Gasteiger charge is -2.26. The van der Waals surface area contributed by atoms with E-state index in [4.69, 9.17) is 0 Å². The number of hydrogen-bond donors (Lipinski definition) is 2. The van der Waals surface area contributed by atoms with Crippen LogP contribution in [-0.2, 0) is 0 Å². The standard InChI is InChI=1S/C17H22N6O/c1-12(24)8-17(2,3)10-19-15-14-9-22-23(16(14)21-11-20-15)13-4-6-18-7-5-13/h4-7,9,11-12,24H,8,10H2,1-3H3,(H,19,20,21). The fourth-order valence-corrected chi connectivity index (χ4v) is 2.85. The Kier molecular flexibility index (Phi) is 4.44. The minimum absolute atomic E-state index is 0.0491. The molecule has 1 unspecified atom stereocenters. The molecular formula is C17H22N6O. The predicted octanol–water partition coefficient (Wildman–Crippen LogP) is 2.42. The number of nitrogens with zero attached hydrogens (tertiary/aromatic N) is 5. The van der Waals surface area contributed by atoms with Gasteiger partial charge in [-0.3, -0.25) is 4.98 Å². The quantitative estimate of drug-likeness (QED) is 0.723. The molecule has 3 rings (SSSR count). The fourth-order valence-electron chi connectivity index (χ4n) is 2.85. The lowest BCUT2D eigenvalue weighted by molar-refractivity contribution is 0.135. The van der Waals surface area contributed by atoms with Crippen molar-refractivity contribution in [3.8, 4) is 5.69 Å². The third kappa shape index (κ3) is 3.51. The van der Waals surface area contributed by atoms with Gasteiger partial charge in [-0.25, -0.2) is 14.6 Å². The molecule has 3 heterocycles. The molecule has 7 heteroatoms. The van der Waals surface area contributed by atoms with Crippen molar-refractivity contribution in [3.05, 3.63) is 37.1 Å². The smallest absolute Gasteiger partial charge is 0.168 e. The summed E-state index contributed by atoms with van der Waals surface area (Å²) in [7, 11) is 0. The van der Waals surface area contributed by atoms with Gasteiger partial charge in [0.2, 0.25) is 0 Å². The lowest BCUT2D eigenvalue weighted by atomic mass is 9.87. The summed E-state index contributed by atoms with van der Waals surface area (Å²) in [6.07, 6.45) is 7.13. The second-order valence-electron chi connectivity index (χ2n) is 6.79. The minimum atomic E-state index is -0.332. The van der Waals surface area contributed by atoms with E-state index >= 15 is 0 Å². The molecule has 3 aromatic heterocycles. The predicted molar refractivity (Wildman–Crippen MR) is 93.0 cm³/mol. The van der Waals surface area contributed by atoms with Gasteiger partial charge in [0.15, 0.2) is 5.65 Å². The van der Waals surface area contributed by atoms with Crippen LogP contribution >= 0.6 is 0 Å². The summed E-state index contributed by atoms with van der Waals surface area (Å²) in [5.41, 5.74) is 1.60. The maximum atomic E-state index is 9.61. The third-order valence-corrected chi connectivity index (χ3v) is 3.86. The summed E-state index contributed by atoms with van der Waals surface area (Å²) in [4.78, 5) is 12.7. The van der Waals surface area contributed by atoms with Crippen LogP contribution in [0.5, 0.6) is 0 Å². The highest BCUT2D eigenvalue weighted by atomic mass is 16.3. The summed E-state index contributed by atoms with van der Waals surface area (Å²) < 4.78 is 1.77. The molecule has 0 spiro atoms. The van der Waals surface area contributed by atoms with Crippen LogP contribution in [0.25, 0.3) is 16.7 Å². The van der Waals surface area contributed by atoms with Gasteiger partial charge in [-0.15, -0.1) is 0 Å². The monoisotopic (exact) mass is 326 g/mol. The van der Waals surface area contributed by atoms with E-state index in [0.717, 1.165) is 22.5 Å². The van der Waals surface area contributed by atoms with E-state index < -0.39 is 0 Å².